The highest BCUT2D eigenvalue weighted by Gasteiger charge is 2.30. The first-order valence-corrected chi connectivity index (χ1v) is 12.1. The highest BCUT2D eigenvalue weighted by Crippen LogP contribution is 2.27. The Hall–Kier alpha value is -4.20. The summed E-state index contributed by atoms with van der Waals surface area (Å²) in [6.07, 6.45) is 0.357. The molecular weight excluding hydrogens is 472 g/mol. The van der Waals surface area contributed by atoms with E-state index in [1.807, 2.05) is 61.5 Å². The third-order valence-corrected chi connectivity index (χ3v) is 5.80. The molecule has 1 N–H and O–H groups in total. The number of carbonyl (C=O) groups excluding carboxylic acids is 2. The van der Waals surface area contributed by atoms with Crippen molar-refractivity contribution in [1.82, 2.24) is 10.2 Å². The van der Waals surface area contributed by atoms with Gasteiger partial charge in [-0.2, -0.15) is 0 Å². The second-order valence-corrected chi connectivity index (χ2v) is 8.31. The molecule has 0 heterocycles. The minimum atomic E-state index is -0.746. The van der Waals surface area contributed by atoms with E-state index >= 15 is 0 Å². The lowest BCUT2D eigenvalue weighted by Gasteiger charge is -2.31. The van der Waals surface area contributed by atoms with E-state index in [0.29, 0.717) is 36.0 Å². The Labute approximate surface area is 218 Å². The minimum Gasteiger partial charge on any atom is -0.497 e. The van der Waals surface area contributed by atoms with Crippen molar-refractivity contribution in [3.8, 4) is 23.0 Å². The fourth-order valence-electron chi connectivity index (χ4n) is 3.91. The number of ether oxygens (including phenoxy) is 4. The molecule has 3 rings (SSSR count). The van der Waals surface area contributed by atoms with Crippen LogP contribution in [0.3, 0.4) is 0 Å². The molecule has 37 heavy (non-hydrogen) atoms. The number of rotatable bonds is 13. The lowest BCUT2D eigenvalue weighted by Crippen LogP contribution is -2.51. The van der Waals surface area contributed by atoms with Crippen LogP contribution in [0.4, 0.5) is 0 Å². The number of hydrogen-bond donors (Lipinski definition) is 1. The van der Waals surface area contributed by atoms with Gasteiger partial charge in [0.15, 0.2) is 6.61 Å². The van der Waals surface area contributed by atoms with E-state index in [1.165, 1.54) is 0 Å². The van der Waals surface area contributed by atoms with E-state index in [2.05, 4.69) is 5.32 Å². The topological polar surface area (TPSA) is 86.3 Å². The normalized spacial score (nSPS) is 11.2. The standard InChI is InChI=1S/C29H34N2O6/c1-5-30-29(33)27(15-21-10-7-6-8-11-21)31(19-22-12-9-13-23(14-22)34-2)28(32)20-37-26-17-24(35-3)16-25(18-26)36-4/h6-14,16-18,27H,5,15,19-20H2,1-4H3,(H,30,33)/t27-/m0/s1. The zero-order valence-corrected chi connectivity index (χ0v) is 21.7. The summed E-state index contributed by atoms with van der Waals surface area (Å²) in [5.41, 5.74) is 1.78. The third kappa shape index (κ3) is 7.90. The molecular formula is C29H34N2O6. The number of nitrogens with zero attached hydrogens (tertiary/aromatic N) is 1. The van der Waals surface area contributed by atoms with E-state index < -0.39 is 6.04 Å². The van der Waals surface area contributed by atoms with Crippen molar-refractivity contribution in [2.75, 3.05) is 34.5 Å². The first kappa shape index (κ1) is 27.4. The van der Waals surface area contributed by atoms with Gasteiger partial charge in [0, 0.05) is 37.7 Å². The van der Waals surface area contributed by atoms with Crippen molar-refractivity contribution in [1.29, 1.82) is 0 Å². The molecule has 196 valence electrons. The maximum absolute atomic E-state index is 13.7. The second-order valence-electron chi connectivity index (χ2n) is 8.31. The first-order chi connectivity index (χ1) is 18.0. The van der Waals surface area contributed by atoms with Crippen molar-refractivity contribution >= 4 is 11.8 Å². The number of likely N-dealkylation sites (N-methyl/N-ethyl adjacent to an activating group) is 1. The Morgan fingerprint density at radius 2 is 1.41 bits per heavy atom. The van der Waals surface area contributed by atoms with Gasteiger partial charge in [0.1, 0.15) is 29.0 Å². The summed E-state index contributed by atoms with van der Waals surface area (Å²) in [6.45, 7) is 2.23. The SMILES string of the molecule is CCNC(=O)[C@H](Cc1ccccc1)N(Cc1cccc(OC)c1)C(=O)COc1cc(OC)cc(OC)c1. The summed E-state index contributed by atoms with van der Waals surface area (Å²) in [4.78, 5) is 28.5. The third-order valence-electron chi connectivity index (χ3n) is 5.80. The van der Waals surface area contributed by atoms with Gasteiger partial charge in [-0.05, 0) is 30.2 Å². The quantitative estimate of drug-likeness (QED) is 0.379. The molecule has 0 aliphatic heterocycles. The van der Waals surface area contributed by atoms with Gasteiger partial charge >= 0.3 is 0 Å². The summed E-state index contributed by atoms with van der Waals surface area (Å²) in [6, 6.07) is 21.4. The predicted molar refractivity (Wildman–Crippen MR) is 141 cm³/mol. The summed E-state index contributed by atoms with van der Waals surface area (Å²) in [7, 11) is 4.67. The molecule has 0 aromatic heterocycles. The number of methoxy groups -OCH3 is 3. The predicted octanol–water partition coefficient (Wildman–Crippen LogP) is 3.87. The van der Waals surface area contributed by atoms with E-state index in [-0.39, 0.29) is 25.0 Å². The average molecular weight is 507 g/mol. The second kappa shape index (κ2) is 13.8. The lowest BCUT2D eigenvalue weighted by molar-refractivity contribution is -0.142. The molecule has 0 unspecified atom stereocenters. The van der Waals surface area contributed by atoms with Crippen LogP contribution in [0.25, 0.3) is 0 Å². The Bertz CT molecular complexity index is 1150. The largest absolute Gasteiger partial charge is 0.497 e. The van der Waals surface area contributed by atoms with Gasteiger partial charge in [-0.3, -0.25) is 9.59 Å². The Morgan fingerprint density at radius 1 is 0.784 bits per heavy atom. The number of amides is 2. The maximum atomic E-state index is 13.7. The monoisotopic (exact) mass is 506 g/mol. The Balaban J connectivity index is 1.91. The minimum absolute atomic E-state index is 0.204. The number of hydrogen-bond acceptors (Lipinski definition) is 6. The fourth-order valence-corrected chi connectivity index (χ4v) is 3.91. The van der Waals surface area contributed by atoms with Crippen molar-refractivity contribution < 1.29 is 28.5 Å². The number of nitrogens with one attached hydrogen (secondary N) is 1. The van der Waals surface area contributed by atoms with Crippen LogP contribution in [-0.4, -0.2) is 57.2 Å². The van der Waals surface area contributed by atoms with Gasteiger partial charge in [-0.1, -0.05) is 42.5 Å². The van der Waals surface area contributed by atoms with E-state index in [9.17, 15) is 9.59 Å². The van der Waals surface area contributed by atoms with Gasteiger partial charge < -0.3 is 29.2 Å². The molecule has 3 aromatic rings. The van der Waals surface area contributed by atoms with Gasteiger partial charge in [0.05, 0.1) is 21.3 Å². The number of carbonyl (C=O) groups is 2. The first-order valence-electron chi connectivity index (χ1n) is 12.1. The van der Waals surface area contributed by atoms with Crippen LogP contribution in [0, 0.1) is 0 Å². The molecule has 0 fully saturated rings. The Morgan fingerprint density at radius 3 is 2.03 bits per heavy atom. The van der Waals surface area contributed by atoms with Crippen molar-refractivity contribution in [3.05, 3.63) is 83.9 Å². The van der Waals surface area contributed by atoms with Crippen LogP contribution in [0.15, 0.2) is 72.8 Å². The summed E-state index contributed by atoms with van der Waals surface area (Å²) in [5, 5.41) is 2.88. The zero-order valence-electron chi connectivity index (χ0n) is 21.7. The van der Waals surface area contributed by atoms with Gasteiger partial charge in [-0.25, -0.2) is 0 Å². The van der Waals surface area contributed by atoms with Crippen LogP contribution < -0.4 is 24.3 Å². The van der Waals surface area contributed by atoms with E-state index in [4.69, 9.17) is 18.9 Å². The van der Waals surface area contributed by atoms with Gasteiger partial charge in [0.2, 0.25) is 5.91 Å². The average Bonchev–Trinajstić information content (AvgIpc) is 2.94. The smallest absolute Gasteiger partial charge is 0.261 e. The van der Waals surface area contributed by atoms with Crippen LogP contribution in [0.2, 0.25) is 0 Å². The summed E-state index contributed by atoms with van der Waals surface area (Å²) in [5.74, 6) is 1.60. The zero-order chi connectivity index (χ0) is 26.6. The van der Waals surface area contributed by atoms with E-state index in [0.717, 1.165) is 11.1 Å². The summed E-state index contributed by atoms with van der Waals surface area (Å²) >= 11 is 0. The highest BCUT2D eigenvalue weighted by atomic mass is 16.5. The van der Waals surface area contributed by atoms with Gasteiger partial charge in [-0.15, -0.1) is 0 Å². The summed E-state index contributed by atoms with van der Waals surface area (Å²) < 4.78 is 21.8. The fraction of sp³-hybridized carbons (Fsp3) is 0.310. The molecule has 0 aliphatic rings. The molecule has 8 heteroatoms. The van der Waals surface area contributed by atoms with E-state index in [1.54, 1.807) is 44.4 Å². The molecule has 0 radical (unpaired) electrons. The molecule has 0 saturated heterocycles. The molecule has 0 spiro atoms. The van der Waals surface area contributed by atoms with Crippen LogP contribution in [0.5, 0.6) is 23.0 Å². The molecule has 0 aliphatic carbocycles. The molecule has 1 atom stereocenters. The highest BCUT2D eigenvalue weighted by molar-refractivity contribution is 5.88. The van der Waals surface area contributed by atoms with Crippen molar-refractivity contribution in [3.63, 3.8) is 0 Å². The van der Waals surface area contributed by atoms with Crippen molar-refractivity contribution in [2.24, 2.45) is 0 Å². The molecule has 8 nitrogen and oxygen atoms in total. The van der Waals surface area contributed by atoms with Gasteiger partial charge in [0.25, 0.3) is 5.91 Å². The van der Waals surface area contributed by atoms with Crippen LogP contribution in [-0.2, 0) is 22.6 Å². The lowest BCUT2D eigenvalue weighted by atomic mass is 10.0. The molecule has 2 amide bonds. The molecule has 3 aromatic carbocycles. The van der Waals surface area contributed by atoms with Crippen molar-refractivity contribution in [2.45, 2.75) is 25.9 Å². The van der Waals surface area contributed by atoms with Crippen LogP contribution in [0.1, 0.15) is 18.1 Å². The maximum Gasteiger partial charge on any atom is 0.261 e. The van der Waals surface area contributed by atoms with Crippen LogP contribution >= 0.6 is 0 Å². The molecule has 0 bridgehead atoms. The molecule has 0 saturated carbocycles. The number of benzene rings is 3. The Kier molecular flexibility index (Phi) is 10.2.